The molecule has 0 spiro atoms. The van der Waals surface area contributed by atoms with Crippen molar-refractivity contribution in [2.75, 3.05) is 14.2 Å². The zero-order valence-electron chi connectivity index (χ0n) is 7.85. The third kappa shape index (κ3) is 3.21. The van der Waals surface area contributed by atoms with Gasteiger partial charge < -0.3 is 9.47 Å². The average Bonchev–Trinajstić information content (AvgIpc) is 2.04. The van der Waals surface area contributed by atoms with Gasteiger partial charge in [0.2, 0.25) is 0 Å². The van der Waals surface area contributed by atoms with Crippen LogP contribution in [0.15, 0.2) is 0 Å². The Morgan fingerprint density at radius 1 is 1.18 bits per heavy atom. The highest BCUT2D eigenvalue weighted by atomic mass is 16.7. The minimum Gasteiger partial charge on any atom is -0.353 e. The molecule has 0 unspecified atom stereocenters. The van der Waals surface area contributed by atoms with E-state index >= 15 is 0 Å². The summed E-state index contributed by atoms with van der Waals surface area (Å²) in [6.07, 6.45) is 3.73. The van der Waals surface area contributed by atoms with Crippen molar-refractivity contribution in [1.82, 2.24) is 0 Å². The van der Waals surface area contributed by atoms with Gasteiger partial charge in [0.05, 0.1) is 0 Å². The second kappa shape index (κ2) is 5.56. The number of ether oxygens (including phenoxy) is 2. The lowest BCUT2D eigenvalue weighted by molar-refractivity contribution is -0.214. The van der Waals surface area contributed by atoms with Gasteiger partial charge in [-0.2, -0.15) is 0 Å². The molecule has 1 radical (unpaired) electrons. The molecule has 2 nitrogen and oxygen atoms in total. The predicted octanol–water partition coefficient (Wildman–Crippen LogP) is 2.39. The number of rotatable bonds is 6. The minimum absolute atomic E-state index is 0.378. The Morgan fingerprint density at radius 3 is 2.00 bits per heavy atom. The van der Waals surface area contributed by atoms with Crippen LogP contribution in [-0.4, -0.2) is 20.0 Å². The molecule has 0 aliphatic heterocycles. The van der Waals surface area contributed by atoms with Gasteiger partial charge in [-0.3, -0.25) is 0 Å². The SMILES string of the molecule is [CH2]CCC(CCC)(OC)OC. The molecule has 0 aromatic rings. The molecule has 0 amide bonds. The highest BCUT2D eigenvalue weighted by Gasteiger charge is 2.26. The normalized spacial score (nSPS) is 12.0. The van der Waals surface area contributed by atoms with E-state index in [1.165, 1.54) is 0 Å². The first kappa shape index (κ1) is 10.9. The molecule has 67 valence electrons. The summed E-state index contributed by atoms with van der Waals surface area (Å²) in [5.41, 5.74) is 0. The fourth-order valence-electron chi connectivity index (χ4n) is 1.27. The lowest BCUT2D eigenvalue weighted by Crippen LogP contribution is -2.33. The lowest BCUT2D eigenvalue weighted by atomic mass is 10.1. The van der Waals surface area contributed by atoms with E-state index in [0.717, 1.165) is 25.7 Å². The smallest absolute Gasteiger partial charge is 0.167 e. The Bertz CT molecular complexity index is 79.6. The summed E-state index contributed by atoms with van der Waals surface area (Å²) >= 11 is 0. The van der Waals surface area contributed by atoms with Crippen LogP contribution in [0.25, 0.3) is 0 Å². The zero-order valence-corrected chi connectivity index (χ0v) is 7.85. The molecule has 2 heteroatoms. The first-order valence-electron chi connectivity index (χ1n) is 4.14. The summed E-state index contributed by atoms with van der Waals surface area (Å²) in [4.78, 5) is 0. The number of methoxy groups -OCH3 is 2. The Hall–Kier alpha value is -0.0800. The molecule has 0 saturated heterocycles. The van der Waals surface area contributed by atoms with E-state index in [2.05, 4.69) is 13.8 Å². The molecule has 0 heterocycles. The van der Waals surface area contributed by atoms with Crippen molar-refractivity contribution in [3.05, 3.63) is 6.92 Å². The van der Waals surface area contributed by atoms with Crippen LogP contribution in [0.5, 0.6) is 0 Å². The van der Waals surface area contributed by atoms with E-state index in [1.807, 2.05) is 0 Å². The van der Waals surface area contributed by atoms with Gasteiger partial charge in [0, 0.05) is 27.1 Å². The maximum Gasteiger partial charge on any atom is 0.167 e. The maximum absolute atomic E-state index is 5.31. The summed E-state index contributed by atoms with van der Waals surface area (Å²) in [7, 11) is 3.38. The van der Waals surface area contributed by atoms with Gasteiger partial charge in [0.1, 0.15) is 0 Å². The first-order valence-corrected chi connectivity index (χ1v) is 4.14. The lowest BCUT2D eigenvalue weighted by Gasteiger charge is -2.30. The van der Waals surface area contributed by atoms with E-state index in [1.54, 1.807) is 14.2 Å². The molecule has 0 bridgehead atoms. The highest BCUT2D eigenvalue weighted by Crippen LogP contribution is 2.23. The van der Waals surface area contributed by atoms with Crippen LogP contribution in [0, 0.1) is 6.92 Å². The third-order valence-corrected chi connectivity index (χ3v) is 1.93. The van der Waals surface area contributed by atoms with Crippen LogP contribution in [-0.2, 0) is 9.47 Å². The van der Waals surface area contributed by atoms with Crippen LogP contribution in [0.4, 0.5) is 0 Å². The van der Waals surface area contributed by atoms with Gasteiger partial charge in [-0.1, -0.05) is 20.3 Å². The second-order valence-corrected chi connectivity index (χ2v) is 2.67. The fraction of sp³-hybridized carbons (Fsp3) is 0.889. The molecule has 0 aliphatic rings. The fourth-order valence-corrected chi connectivity index (χ4v) is 1.27. The molecule has 0 aromatic heterocycles. The van der Waals surface area contributed by atoms with Crippen LogP contribution in [0.3, 0.4) is 0 Å². The first-order chi connectivity index (χ1) is 5.24. The van der Waals surface area contributed by atoms with Gasteiger partial charge in [-0.15, -0.1) is 0 Å². The average molecular weight is 159 g/mol. The van der Waals surface area contributed by atoms with Crippen molar-refractivity contribution in [3.63, 3.8) is 0 Å². The van der Waals surface area contributed by atoms with E-state index in [4.69, 9.17) is 9.47 Å². The number of hydrogen-bond donors (Lipinski definition) is 0. The van der Waals surface area contributed by atoms with E-state index < -0.39 is 0 Å². The molecule has 0 atom stereocenters. The Balaban J connectivity index is 3.96. The molecule has 0 rings (SSSR count). The largest absolute Gasteiger partial charge is 0.353 e. The highest BCUT2D eigenvalue weighted by molar-refractivity contribution is 4.68. The standard InChI is InChI=1S/C9H19O2/c1-5-7-9(10-3,11-4)8-6-2/h1,5-8H2,2-4H3. The van der Waals surface area contributed by atoms with Crippen LogP contribution >= 0.6 is 0 Å². The summed E-state index contributed by atoms with van der Waals surface area (Å²) in [5.74, 6) is -0.378. The monoisotopic (exact) mass is 159 g/mol. The molecule has 0 aromatic carbocycles. The van der Waals surface area contributed by atoms with Crippen molar-refractivity contribution < 1.29 is 9.47 Å². The molecular weight excluding hydrogens is 140 g/mol. The van der Waals surface area contributed by atoms with Gasteiger partial charge in [-0.05, 0) is 6.42 Å². The molecule has 0 N–H and O–H groups in total. The van der Waals surface area contributed by atoms with Crippen molar-refractivity contribution in [3.8, 4) is 0 Å². The minimum atomic E-state index is -0.378. The molecular formula is C9H19O2. The van der Waals surface area contributed by atoms with Crippen molar-refractivity contribution in [1.29, 1.82) is 0 Å². The van der Waals surface area contributed by atoms with Crippen molar-refractivity contribution >= 4 is 0 Å². The zero-order chi connectivity index (χ0) is 8.74. The second-order valence-electron chi connectivity index (χ2n) is 2.67. The topological polar surface area (TPSA) is 18.5 Å². The van der Waals surface area contributed by atoms with Crippen LogP contribution in [0.1, 0.15) is 32.6 Å². The van der Waals surface area contributed by atoms with Crippen LogP contribution < -0.4 is 0 Å². The summed E-state index contributed by atoms with van der Waals surface area (Å²) in [6, 6.07) is 0. The van der Waals surface area contributed by atoms with Gasteiger partial charge in [0.15, 0.2) is 5.79 Å². The summed E-state index contributed by atoms with van der Waals surface area (Å²) < 4.78 is 10.6. The quantitative estimate of drug-likeness (QED) is 0.554. The van der Waals surface area contributed by atoms with Crippen LogP contribution in [0.2, 0.25) is 0 Å². The molecule has 0 saturated carbocycles. The molecule has 11 heavy (non-hydrogen) atoms. The summed E-state index contributed by atoms with van der Waals surface area (Å²) in [5, 5.41) is 0. The van der Waals surface area contributed by atoms with Crippen molar-refractivity contribution in [2.24, 2.45) is 0 Å². The summed E-state index contributed by atoms with van der Waals surface area (Å²) in [6.45, 7) is 5.91. The van der Waals surface area contributed by atoms with E-state index in [-0.39, 0.29) is 5.79 Å². The third-order valence-electron chi connectivity index (χ3n) is 1.93. The van der Waals surface area contributed by atoms with Gasteiger partial charge in [-0.25, -0.2) is 0 Å². The number of hydrogen-bond acceptors (Lipinski definition) is 2. The van der Waals surface area contributed by atoms with Gasteiger partial charge >= 0.3 is 0 Å². The van der Waals surface area contributed by atoms with Crippen molar-refractivity contribution in [2.45, 2.75) is 38.4 Å². The maximum atomic E-state index is 5.31. The molecule has 0 fully saturated rings. The predicted molar refractivity (Wildman–Crippen MR) is 46.2 cm³/mol. The van der Waals surface area contributed by atoms with E-state index in [9.17, 15) is 0 Å². The van der Waals surface area contributed by atoms with E-state index in [0.29, 0.717) is 0 Å². The Morgan fingerprint density at radius 2 is 1.73 bits per heavy atom. The van der Waals surface area contributed by atoms with Gasteiger partial charge in [0.25, 0.3) is 0 Å². The Kier molecular flexibility index (Phi) is 5.51. The molecule has 0 aliphatic carbocycles. The Labute approximate surface area is 69.9 Å².